The number of rotatable bonds is 1. The topological polar surface area (TPSA) is 57.8 Å². The largest absolute Gasteiger partial charge is 0.353 e. The first-order chi connectivity index (χ1) is 9.69. The molecule has 20 heavy (non-hydrogen) atoms. The Balaban J connectivity index is 1.91. The maximum atomic E-state index is 6.45. The molecule has 1 N–H and O–H groups in total. The summed E-state index contributed by atoms with van der Waals surface area (Å²) < 4.78 is 1.94. The van der Waals surface area contributed by atoms with Gasteiger partial charge in [-0.15, -0.1) is 0 Å². The van der Waals surface area contributed by atoms with Crippen LogP contribution in [-0.2, 0) is 0 Å². The summed E-state index contributed by atoms with van der Waals surface area (Å²) >= 11 is 6.45. The van der Waals surface area contributed by atoms with Gasteiger partial charge >= 0.3 is 0 Å². The molecule has 0 amide bonds. The minimum Gasteiger partial charge on any atom is -0.353 e. The van der Waals surface area contributed by atoms with E-state index in [0.29, 0.717) is 0 Å². The molecule has 4 heterocycles. The quantitative estimate of drug-likeness (QED) is 0.633. The Kier molecular flexibility index (Phi) is 2.44. The van der Waals surface area contributed by atoms with E-state index in [1.165, 1.54) is 0 Å². The Morgan fingerprint density at radius 2 is 2.30 bits per heavy atom. The van der Waals surface area contributed by atoms with E-state index in [4.69, 9.17) is 11.6 Å². The van der Waals surface area contributed by atoms with Crippen molar-refractivity contribution in [1.82, 2.24) is 14.8 Å². The molecule has 6 nitrogen and oxygen atoms in total. The molecule has 3 unspecified atom stereocenters. The average Bonchev–Trinajstić information content (AvgIpc) is 3.00. The number of nitrogens with one attached hydrogen (secondary N) is 1. The van der Waals surface area contributed by atoms with Crippen LogP contribution in [0.3, 0.4) is 0 Å². The Bertz CT molecular complexity index is 658. The molecule has 4 rings (SSSR count). The van der Waals surface area contributed by atoms with Crippen LogP contribution >= 0.6 is 11.6 Å². The van der Waals surface area contributed by atoms with Gasteiger partial charge in [-0.05, 0) is 13.8 Å². The van der Waals surface area contributed by atoms with E-state index in [2.05, 4.69) is 27.4 Å². The third-order valence-electron chi connectivity index (χ3n) is 3.89. The third kappa shape index (κ3) is 1.48. The highest BCUT2D eigenvalue weighted by Gasteiger charge is 2.40. The maximum Gasteiger partial charge on any atom is 0.165 e. The van der Waals surface area contributed by atoms with Crippen LogP contribution in [0.4, 0.5) is 5.82 Å². The first kappa shape index (κ1) is 12.0. The number of nitrogens with zero attached hydrogens (tertiary/aromatic N) is 5. The fourth-order valence-electron chi connectivity index (χ4n) is 2.97. The van der Waals surface area contributed by atoms with E-state index in [1.807, 2.05) is 35.1 Å². The van der Waals surface area contributed by atoms with Gasteiger partial charge in [0.2, 0.25) is 0 Å². The smallest absolute Gasteiger partial charge is 0.165 e. The fraction of sp³-hybridized carbons (Fsp3) is 0.462. The highest BCUT2D eigenvalue weighted by Crippen LogP contribution is 2.39. The maximum absolute atomic E-state index is 6.45. The second-order valence-electron chi connectivity index (χ2n) is 5.17. The van der Waals surface area contributed by atoms with Crippen LogP contribution in [0.15, 0.2) is 21.7 Å². The fourth-order valence-corrected chi connectivity index (χ4v) is 3.27. The molecule has 0 aromatic carbocycles. The van der Waals surface area contributed by atoms with Gasteiger partial charge < -0.3 is 5.32 Å². The summed E-state index contributed by atoms with van der Waals surface area (Å²) in [5.74, 6) is 0.941. The van der Waals surface area contributed by atoms with Gasteiger partial charge in [0, 0.05) is 24.4 Å². The number of hydrogen-bond donors (Lipinski definition) is 1. The molecule has 0 saturated carbocycles. The minimum absolute atomic E-state index is 0.0120. The number of anilines is 1. The van der Waals surface area contributed by atoms with Crippen molar-refractivity contribution in [2.75, 3.05) is 11.9 Å². The third-order valence-corrected chi connectivity index (χ3v) is 4.27. The normalized spacial score (nSPS) is 30.1. The lowest BCUT2D eigenvalue weighted by molar-refractivity contribution is 0.270. The van der Waals surface area contributed by atoms with Gasteiger partial charge in [-0.2, -0.15) is 10.2 Å². The number of hydrazone groups is 1. The summed E-state index contributed by atoms with van der Waals surface area (Å²) in [5, 5.41) is 14.2. The first-order valence-corrected chi connectivity index (χ1v) is 7.18. The van der Waals surface area contributed by atoms with Crippen molar-refractivity contribution in [3.63, 3.8) is 0 Å². The molecule has 3 aliphatic rings. The van der Waals surface area contributed by atoms with Crippen molar-refractivity contribution in [3.05, 3.63) is 17.3 Å². The van der Waals surface area contributed by atoms with Crippen molar-refractivity contribution in [1.29, 1.82) is 0 Å². The number of hydrogen-bond acceptors (Lipinski definition) is 5. The highest BCUT2D eigenvalue weighted by atomic mass is 35.5. The zero-order valence-electron chi connectivity index (χ0n) is 11.3. The Morgan fingerprint density at radius 3 is 3.10 bits per heavy atom. The van der Waals surface area contributed by atoms with Gasteiger partial charge in [0.25, 0.3) is 0 Å². The summed E-state index contributed by atoms with van der Waals surface area (Å²) in [6.07, 6.45) is 3.78. The molecule has 0 bridgehead atoms. The monoisotopic (exact) mass is 290 g/mol. The number of dihydropyridines is 1. The second kappa shape index (κ2) is 4.09. The van der Waals surface area contributed by atoms with Gasteiger partial charge in [0.1, 0.15) is 11.3 Å². The molecule has 7 heteroatoms. The predicted octanol–water partition coefficient (Wildman–Crippen LogP) is 1.74. The highest BCUT2D eigenvalue weighted by molar-refractivity contribution is 6.24. The number of aromatic nitrogens is 2. The van der Waals surface area contributed by atoms with Crippen molar-refractivity contribution in [3.8, 4) is 0 Å². The SMILES string of the molecule is CCN1N=CC2=C3C(C=NC21)C(Cl)Nc1cc(C)nn13. The lowest BCUT2D eigenvalue weighted by Crippen LogP contribution is -2.40. The zero-order chi connectivity index (χ0) is 13.9. The Morgan fingerprint density at radius 1 is 1.45 bits per heavy atom. The molecule has 0 aliphatic carbocycles. The summed E-state index contributed by atoms with van der Waals surface area (Å²) in [6.45, 7) is 4.88. The van der Waals surface area contributed by atoms with Crippen molar-refractivity contribution < 1.29 is 0 Å². The number of aryl methyl sites for hydroxylation is 1. The van der Waals surface area contributed by atoms with E-state index in [1.54, 1.807) is 0 Å². The lowest BCUT2D eigenvalue weighted by Gasteiger charge is -2.35. The molecule has 3 aliphatic heterocycles. The van der Waals surface area contributed by atoms with Crippen LogP contribution in [0.2, 0.25) is 0 Å². The first-order valence-electron chi connectivity index (χ1n) is 6.74. The molecule has 0 spiro atoms. The Labute approximate surface area is 121 Å². The number of alkyl halides is 1. The van der Waals surface area contributed by atoms with Crippen LogP contribution in [0, 0.1) is 12.8 Å². The van der Waals surface area contributed by atoms with Gasteiger partial charge in [-0.25, -0.2) is 4.68 Å². The molecular formula is C13H15ClN6. The van der Waals surface area contributed by atoms with Crippen molar-refractivity contribution >= 4 is 35.5 Å². The summed E-state index contributed by atoms with van der Waals surface area (Å²) in [5.41, 5.74) is 2.93. The average molecular weight is 291 g/mol. The summed E-state index contributed by atoms with van der Waals surface area (Å²) in [7, 11) is 0. The molecule has 104 valence electrons. The van der Waals surface area contributed by atoms with Crippen LogP contribution in [-0.4, -0.2) is 45.4 Å². The molecule has 1 aromatic rings. The number of halogens is 1. The van der Waals surface area contributed by atoms with Gasteiger partial charge in [0.15, 0.2) is 6.17 Å². The molecule has 0 fully saturated rings. The zero-order valence-corrected chi connectivity index (χ0v) is 12.0. The van der Waals surface area contributed by atoms with Gasteiger partial charge in [-0.1, -0.05) is 11.6 Å². The van der Waals surface area contributed by atoms with Gasteiger partial charge in [0.05, 0.1) is 23.5 Å². The van der Waals surface area contributed by atoms with Gasteiger partial charge in [-0.3, -0.25) is 10.0 Å². The molecule has 0 radical (unpaired) electrons. The van der Waals surface area contributed by atoms with Crippen LogP contribution < -0.4 is 5.32 Å². The van der Waals surface area contributed by atoms with E-state index >= 15 is 0 Å². The summed E-state index contributed by atoms with van der Waals surface area (Å²) in [4.78, 5) is 4.61. The standard InChI is InChI=1S/C13H15ClN6/c1-3-19-13-9(6-16-19)11-8(5-15-13)12(14)17-10-4-7(2)18-20(10)11/h4-6,8,12-13,17H,3H2,1-2H3. The van der Waals surface area contributed by atoms with E-state index in [9.17, 15) is 0 Å². The molecule has 1 aromatic heterocycles. The van der Waals surface area contributed by atoms with Crippen LogP contribution in [0.1, 0.15) is 12.6 Å². The van der Waals surface area contributed by atoms with E-state index in [0.717, 1.165) is 29.3 Å². The second-order valence-corrected chi connectivity index (χ2v) is 5.64. The lowest BCUT2D eigenvalue weighted by atomic mass is 9.96. The number of aliphatic imine (C=N–C) groups is 1. The van der Waals surface area contributed by atoms with Crippen molar-refractivity contribution in [2.45, 2.75) is 25.5 Å². The van der Waals surface area contributed by atoms with E-state index < -0.39 is 0 Å². The Hall–Kier alpha value is -1.82. The number of fused-ring (bicyclic) bond motifs is 4. The summed E-state index contributed by atoms with van der Waals surface area (Å²) in [6, 6.07) is 2.00. The van der Waals surface area contributed by atoms with Crippen molar-refractivity contribution in [2.24, 2.45) is 16.0 Å². The van der Waals surface area contributed by atoms with E-state index in [-0.39, 0.29) is 17.6 Å². The number of likely N-dealkylation sites (N-methyl/N-ethyl adjacent to an activating group) is 1. The van der Waals surface area contributed by atoms with Crippen LogP contribution in [0.25, 0.3) is 5.70 Å². The molecular weight excluding hydrogens is 276 g/mol. The minimum atomic E-state index is -0.213. The molecule has 0 saturated heterocycles. The predicted molar refractivity (Wildman–Crippen MR) is 80.1 cm³/mol. The van der Waals surface area contributed by atoms with Crippen LogP contribution in [0.5, 0.6) is 0 Å². The molecule has 3 atom stereocenters.